The second-order valence-corrected chi connectivity index (χ2v) is 11.8. The average Bonchev–Trinajstić information content (AvgIpc) is 3.60. The predicted molar refractivity (Wildman–Crippen MR) is 159 cm³/mol. The van der Waals surface area contributed by atoms with E-state index in [4.69, 9.17) is 31.5 Å². The van der Waals surface area contributed by atoms with Crippen LogP contribution in [0.1, 0.15) is 66.3 Å². The molecule has 3 N–H and O–H groups in total. The van der Waals surface area contributed by atoms with Crippen LogP contribution >= 0.6 is 11.6 Å². The van der Waals surface area contributed by atoms with Crippen molar-refractivity contribution in [1.82, 2.24) is 15.1 Å². The lowest BCUT2D eigenvalue weighted by atomic mass is 9.95. The van der Waals surface area contributed by atoms with Gasteiger partial charge in [-0.2, -0.15) is 0 Å². The first-order chi connectivity index (χ1) is 20.4. The quantitative estimate of drug-likeness (QED) is 0.304. The molecule has 2 aromatic carbocycles. The Hall–Kier alpha value is -4.64. The Morgan fingerprint density at radius 1 is 1.12 bits per heavy atom. The Kier molecular flexibility index (Phi) is 8.27. The fraction of sp³-hybridized carbons (Fsp3) is 0.323. The van der Waals surface area contributed by atoms with Gasteiger partial charge in [-0.25, -0.2) is 4.79 Å². The van der Waals surface area contributed by atoms with E-state index in [0.29, 0.717) is 29.4 Å². The predicted octanol–water partition coefficient (Wildman–Crippen LogP) is 4.27. The van der Waals surface area contributed by atoms with Crippen molar-refractivity contribution in [2.45, 2.75) is 44.9 Å². The Bertz CT molecular complexity index is 1580. The molecule has 1 aromatic heterocycles. The summed E-state index contributed by atoms with van der Waals surface area (Å²) in [5.41, 5.74) is 6.74. The number of piperazine rings is 1. The molecule has 5 rings (SSSR count). The number of halogens is 1. The third-order valence-corrected chi connectivity index (χ3v) is 7.23. The lowest BCUT2D eigenvalue weighted by Gasteiger charge is -2.36. The van der Waals surface area contributed by atoms with Crippen molar-refractivity contribution in [3.63, 3.8) is 0 Å². The number of nitrogens with one attached hydrogen (secondary N) is 1. The smallest absolute Gasteiger partial charge is 0.326 e. The van der Waals surface area contributed by atoms with Gasteiger partial charge in [0.25, 0.3) is 0 Å². The molecule has 12 heteroatoms. The van der Waals surface area contributed by atoms with Crippen molar-refractivity contribution in [3.8, 4) is 5.75 Å². The van der Waals surface area contributed by atoms with E-state index in [1.165, 1.54) is 17.2 Å². The Labute approximate surface area is 253 Å². The van der Waals surface area contributed by atoms with Crippen LogP contribution in [0.15, 0.2) is 70.5 Å². The average molecular weight is 606 g/mol. The Morgan fingerprint density at radius 2 is 1.86 bits per heavy atom. The van der Waals surface area contributed by atoms with Gasteiger partial charge >= 0.3 is 6.03 Å². The summed E-state index contributed by atoms with van der Waals surface area (Å²) in [5.74, 6) is -0.896. The summed E-state index contributed by atoms with van der Waals surface area (Å²) >= 11 is 6.22. The van der Waals surface area contributed by atoms with E-state index in [1.54, 1.807) is 41.5 Å². The summed E-state index contributed by atoms with van der Waals surface area (Å²) in [7, 11) is 0. The maximum Gasteiger partial charge on any atom is 0.326 e. The second kappa shape index (κ2) is 11.9. The van der Waals surface area contributed by atoms with Crippen LogP contribution in [0.5, 0.6) is 5.75 Å². The number of carbonyl (C=O) groups excluding carboxylic acids is 4. The molecule has 3 heterocycles. The molecule has 2 aliphatic heterocycles. The van der Waals surface area contributed by atoms with Gasteiger partial charge in [-0.3, -0.25) is 24.3 Å². The van der Waals surface area contributed by atoms with Crippen LogP contribution in [-0.2, 0) is 9.59 Å². The molecule has 4 amide bonds. The van der Waals surface area contributed by atoms with Gasteiger partial charge in [-0.05, 0) is 56.7 Å². The SMILES string of the molecule is CC(C)(C)Oc1cc(C(=O)CC(N)=O)ccc1C1=NC(c2ccoc2)C(c2ccc(Cl)cc2)N1C(=O)N1CCNC(=O)C1. The van der Waals surface area contributed by atoms with Crippen LogP contribution in [0, 0.1) is 0 Å². The monoisotopic (exact) mass is 605 g/mol. The summed E-state index contributed by atoms with van der Waals surface area (Å²) in [4.78, 5) is 59.0. The zero-order valence-electron chi connectivity index (χ0n) is 24.0. The van der Waals surface area contributed by atoms with E-state index >= 15 is 0 Å². The standard InChI is InChI=1S/C31H32ClN5O6/c1-31(2,3)43-24-14-19(23(38)15-25(33)39)6-9-22(24)29-35-27(20-10-13-42-17-20)28(18-4-7-21(32)8-5-18)37(29)30(41)36-12-11-34-26(40)16-36/h4-10,13-14,17,27-28H,11-12,15-16H2,1-3H3,(H2,33,39)(H,34,40). The van der Waals surface area contributed by atoms with E-state index < -0.39 is 41.8 Å². The highest BCUT2D eigenvalue weighted by Crippen LogP contribution is 2.45. The minimum atomic E-state index is -0.747. The number of amidine groups is 1. The fourth-order valence-corrected chi connectivity index (χ4v) is 5.27. The molecule has 0 radical (unpaired) electrons. The highest BCUT2D eigenvalue weighted by Gasteiger charge is 2.45. The van der Waals surface area contributed by atoms with Crippen LogP contribution < -0.4 is 15.8 Å². The number of nitrogens with zero attached hydrogens (tertiary/aromatic N) is 3. The first-order valence-electron chi connectivity index (χ1n) is 13.8. The van der Waals surface area contributed by atoms with Gasteiger partial charge in [0, 0.05) is 29.2 Å². The molecule has 1 saturated heterocycles. The number of nitrogens with two attached hydrogens (primary N) is 1. The molecule has 224 valence electrons. The molecular weight excluding hydrogens is 574 g/mol. The Morgan fingerprint density at radius 3 is 2.49 bits per heavy atom. The molecule has 0 bridgehead atoms. The molecular formula is C31H32ClN5O6. The number of primary amides is 1. The molecule has 43 heavy (non-hydrogen) atoms. The normalized spacial score (nSPS) is 18.7. The number of furan rings is 1. The topological polar surface area (TPSA) is 148 Å². The number of carbonyl (C=O) groups is 4. The second-order valence-electron chi connectivity index (χ2n) is 11.4. The van der Waals surface area contributed by atoms with Crippen LogP contribution in [0.2, 0.25) is 5.02 Å². The maximum absolute atomic E-state index is 14.4. The van der Waals surface area contributed by atoms with E-state index in [1.807, 2.05) is 32.9 Å². The first-order valence-corrected chi connectivity index (χ1v) is 14.1. The minimum absolute atomic E-state index is 0.113. The lowest BCUT2D eigenvalue weighted by molar-refractivity contribution is -0.123. The van der Waals surface area contributed by atoms with Crippen LogP contribution in [0.25, 0.3) is 0 Å². The summed E-state index contributed by atoms with van der Waals surface area (Å²) in [5, 5.41) is 3.29. The largest absolute Gasteiger partial charge is 0.487 e. The third kappa shape index (κ3) is 6.56. The zero-order chi connectivity index (χ0) is 30.9. The number of amides is 4. The molecule has 2 unspecified atom stereocenters. The zero-order valence-corrected chi connectivity index (χ0v) is 24.8. The summed E-state index contributed by atoms with van der Waals surface area (Å²) < 4.78 is 11.7. The van der Waals surface area contributed by atoms with Crippen molar-refractivity contribution in [3.05, 3.63) is 88.3 Å². The summed E-state index contributed by atoms with van der Waals surface area (Å²) in [6, 6.07) is 12.0. The van der Waals surface area contributed by atoms with Gasteiger partial charge < -0.3 is 25.1 Å². The van der Waals surface area contributed by atoms with Gasteiger partial charge in [0.05, 0.1) is 30.6 Å². The van der Waals surface area contributed by atoms with Gasteiger partial charge in [0.2, 0.25) is 11.8 Å². The third-order valence-electron chi connectivity index (χ3n) is 6.97. The molecule has 11 nitrogen and oxygen atoms in total. The van der Waals surface area contributed by atoms with Gasteiger partial charge in [-0.1, -0.05) is 29.8 Å². The van der Waals surface area contributed by atoms with Gasteiger partial charge in [0.1, 0.15) is 29.8 Å². The van der Waals surface area contributed by atoms with Crippen LogP contribution in [0.3, 0.4) is 0 Å². The van der Waals surface area contributed by atoms with Crippen molar-refractivity contribution in [1.29, 1.82) is 0 Å². The molecule has 0 spiro atoms. The van der Waals surface area contributed by atoms with Crippen molar-refractivity contribution < 1.29 is 28.3 Å². The van der Waals surface area contributed by atoms with Crippen molar-refractivity contribution in [2.75, 3.05) is 19.6 Å². The van der Waals surface area contributed by atoms with E-state index in [-0.39, 0.29) is 23.9 Å². The number of Topliss-reactive ketones (excluding diaryl/α,β-unsaturated/α-hetero) is 1. The Balaban J connectivity index is 1.69. The number of aliphatic imine (C=N–C) groups is 1. The molecule has 0 aliphatic carbocycles. The van der Waals surface area contributed by atoms with Crippen LogP contribution in [0.4, 0.5) is 4.79 Å². The molecule has 2 aliphatic rings. The highest BCUT2D eigenvalue weighted by molar-refractivity contribution is 6.30. The molecule has 2 atom stereocenters. The van der Waals surface area contributed by atoms with E-state index in [9.17, 15) is 19.2 Å². The van der Waals surface area contributed by atoms with E-state index in [0.717, 1.165) is 11.1 Å². The lowest BCUT2D eigenvalue weighted by Crippen LogP contribution is -2.55. The van der Waals surface area contributed by atoms with Crippen LogP contribution in [-0.4, -0.2) is 64.5 Å². The van der Waals surface area contributed by atoms with Gasteiger partial charge in [0.15, 0.2) is 5.78 Å². The molecule has 0 saturated carbocycles. The van der Waals surface area contributed by atoms with Gasteiger partial charge in [-0.15, -0.1) is 0 Å². The first kappa shape index (κ1) is 29.8. The fourth-order valence-electron chi connectivity index (χ4n) is 5.15. The number of urea groups is 1. The van der Waals surface area contributed by atoms with Crippen molar-refractivity contribution >= 4 is 41.1 Å². The van der Waals surface area contributed by atoms with E-state index in [2.05, 4.69) is 5.32 Å². The number of hydrogen-bond acceptors (Lipinski definition) is 7. The number of benzene rings is 2. The summed E-state index contributed by atoms with van der Waals surface area (Å²) in [6.45, 7) is 6.07. The minimum Gasteiger partial charge on any atom is -0.487 e. The molecule has 1 fully saturated rings. The highest BCUT2D eigenvalue weighted by atomic mass is 35.5. The number of ketones is 1. The maximum atomic E-state index is 14.4. The number of hydrogen-bond donors (Lipinski definition) is 2. The molecule has 3 aromatic rings. The number of rotatable bonds is 7. The van der Waals surface area contributed by atoms with Crippen molar-refractivity contribution in [2.24, 2.45) is 10.7 Å². The summed E-state index contributed by atoms with van der Waals surface area (Å²) in [6.07, 6.45) is 2.66. The number of ether oxygens (including phenoxy) is 1.